The number of hydrogen-bond donors (Lipinski definition) is 2. The van der Waals surface area contributed by atoms with E-state index >= 15 is 0 Å². The van der Waals surface area contributed by atoms with Crippen LogP contribution < -0.4 is 5.32 Å². The molecule has 1 fully saturated rings. The molecule has 3 rings (SSSR count). The first kappa shape index (κ1) is 22.1. The summed E-state index contributed by atoms with van der Waals surface area (Å²) >= 11 is 6.17. The maximum atomic E-state index is 10.2. The van der Waals surface area contributed by atoms with Crippen molar-refractivity contribution < 1.29 is 5.11 Å². The molecule has 0 aliphatic heterocycles. The van der Waals surface area contributed by atoms with Gasteiger partial charge in [0.15, 0.2) is 0 Å². The van der Waals surface area contributed by atoms with Gasteiger partial charge in [0.05, 0.1) is 28.6 Å². The summed E-state index contributed by atoms with van der Waals surface area (Å²) in [5.41, 5.74) is 2.94. The van der Waals surface area contributed by atoms with E-state index in [0.29, 0.717) is 34.6 Å². The molecule has 0 spiro atoms. The third-order valence-electron chi connectivity index (χ3n) is 5.92. The van der Waals surface area contributed by atoms with Crippen molar-refractivity contribution in [1.29, 1.82) is 5.26 Å². The van der Waals surface area contributed by atoms with Gasteiger partial charge in [-0.15, -0.1) is 6.42 Å². The lowest BCUT2D eigenvalue weighted by Crippen LogP contribution is -2.37. The van der Waals surface area contributed by atoms with Gasteiger partial charge in [0.1, 0.15) is 6.07 Å². The Bertz CT molecular complexity index is 990. The summed E-state index contributed by atoms with van der Waals surface area (Å²) in [4.78, 5) is 8.90. The van der Waals surface area contributed by atoms with Crippen LogP contribution in [0, 0.1) is 35.0 Å². The van der Waals surface area contributed by atoms with Gasteiger partial charge in [-0.05, 0) is 61.1 Å². The number of rotatable bonds is 6. The molecule has 2 atom stereocenters. The molecule has 156 valence electrons. The Kier molecular flexibility index (Phi) is 6.98. The lowest BCUT2D eigenvalue weighted by Gasteiger charge is -2.39. The van der Waals surface area contributed by atoms with Crippen molar-refractivity contribution in [3.8, 4) is 18.4 Å². The lowest BCUT2D eigenvalue weighted by atomic mass is 9.69. The normalized spacial score (nSPS) is 20.2. The van der Waals surface area contributed by atoms with Crippen molar-refractivity contribution in [1.82, 2.24) is 9.97 Å². The molecule has 0 bridgehead atoms. The van der Waals surface area contributed by atoms with Gasteiger partial charge < -0.3 is 10.4 Å². The lowest BCUT2D eigenvalue weighted by molar-refractivity contribution is -0.00748. The number of nitriles is 1. The Morgan fingerprint density at radius 2 is 2.13 bits per heavy atom. The zero-order valence-electron chi connectivity index (χ0n) is 17.5. The van der Waals surface area contributed by atoms with E-state index in [4.69, 9.17) is 18.0 Å². The van der Waals surface area contributed by atoms with Crippen molar-refractivity contribution >= 4 is 17.5 Å². The fraction of sp³-hybridized carbons (Fsp3) is 0.458. The standard InChI is InChI=1S/C24H27ClN4O/c1-4-18-7-5-16(11-20(18)25)9-10-27-23-28-15-19(14-26)21(29-23)12-17-6-8-22(30)24(2,3)13-17/h1,5,7,11,15,17,22,30H,6,8-10,12-13H2,2-3H3,(H,27,28,29)/t17-,22-/m0/s1. The molecule has 5 nitrogen and oxygen atoms in total. The van der Waals surface area contributed by atoms with Gasteiger partial charge in [0.2, 0.25) is 5.95 Å². The van der Waals surface area contributed by atoms with Crippen molar-refractivity contribution in [3.63, 3.8) is 0 Å². The van der Waals surface area contributed by atoms with E-state index in [2.05, 4.69) is 41.1 Å². The zero-order valence-corrected chi connectivity index (χ0v) is 18.2. The second kappa shape index (κ2) is 9.47. The van der Waals surface area contributed by atoms with Crippen molar-refractivity contribution in [2.45, 2.75) is 52.1 Å². The van der Waals surface area contributed by atoms with Gasteiger partial charge in [0.25, 0.3) is 0 Å². The van der Waals surface area contributed by atoms with Crippen LogP contribution in [0.1, 0.15) is 55.5 Å². The van der Waals surface area contributed by atoms with Crippen LogP contribution in [0.5, 0.6) is 0 Å². The Labute approximate surface area is 183 Å². The number of benzene rings is 1. The quantitative estimate of drug-likeness (QED) is 0.675. The first-order chi connectivity index (χ1) is 14.3. The Morgan fingerprint density at radius 1 is 1.33 bits per heavy atom. The van der Waals surface area contributed by atoms with E-state index in [-0.39, 0.29) is 11.5 Å². The maximum absolute atomic E-state index is 10.2. The summed E-state index contributed by atoms with van der Waals surface area (Å²) in [6.45, 7) is 4.84. The van der Waals surface area contributed by atoms with Crippen LogP contribution in [0.15, 0.2) is 24.4 Å². The number of hydrogen-bond acceptors (Lipinski definition) is 5. The molecular formula is C24H27ClN4O. The predicted molar refractivity (Wildman–Crippen MR) is 119 cm³/mol. The van der Waals surface area contributed by atoms with Crippen LogP contribution >= 0.6 is 11.6 Å². The van der Waals surface area contributed by atoms with E-state index in [0.717, 1.165) is 43.4 Å². The molecule has 6 heteroatoms. The molecule has 1 aromatic heterocycles. The molecule has 0 amide bonds. The number of aliphatic hydroxyl groups excluding tert-OH is 1. The summed E-state index contributed by atoms with van der Waals surface area (Å²) in [5.74, 6) is 3.47. The van der Waals surface area contributed by atoms with Crippen LogP contribution in [-0.2, 0) is 12.8 Å². The number of nitrogens with zero attached hydrogens (tertiary/aromatic N) is 3. The average molecular weight is 423 g/mol. The van der Waals surface area contributed by atoms with Crippen LogP contribution in [-0.4, -0.2) is 27.7 Å². The van der Waals surface area contributed by atoms with E-state index in [1.165, 1.54) is 0 Å². The topological polar surface area (TPSA) is 81.8 Å². The van der Waals surface area contributed by atoms with Crippen molar-refractivity contribution in [2.24, 2.45) is 11.3 Å². The summed E-state index contributed by atoms with van der Waals surface area (Å²) in [7, 11) is 0. The van der Waals surface area contributed by atoms with E-state index in [1.807, 2.05) is 18.2 Å². The SMILES string of the molecule is C#Cc1ccc(CCNc2ncc(C#N)c(C[C@@H]3CC[C@H](O)C(C)(C)C3)n2)cc1Cl. The molecule has 1 aromatic carbocycles. The fourth-order valence-corrected chi connectivity index (χ4v) is 4.37. The molecule has 0 radical (unpaired) electrons. The number of halogens is 1. The minimum Gasteiger partial charge on any atom is -0.393 e. The highest BCUT2D eigenvalue weighted by molar-refractivity contribution is 6.31. The van der Waals surface area contributed by atoms with Gasteiger partial charge in [-0.3, -0.25) is 0 Å². The summed E-state index contributed by atoms with van der Waals surface area (Å²) in [6.07, 6.45) is 10.8. The molecule has 2 aromatic rings. The van der Waals surface area contributed by atoms with Gasteiger partial charge in [-0.1, -0.05) is 37.4 Å². The molecular weight excluding hydrogens is 396 g/mol. The van der Waals surface area contributed by atoms with Crippen molar-refractivity contribution in [2.75, 3.05) is 11.9 Å². The minimum atomic E-state index is -0.269. The third-order valence-corrected chi connectivity index (χ3v) is 6.23. The van der Waals surface area contributed by atoms with Crippen LogP contribution in [0.2, 0.25) is 5.02 Å². The smallest absolute Gasteiger partial charge is 0.222 e. The van der Waals surface area contributed by atoms with E-state index < -0.39 is 0 Å². The van der Waals surface area contributed by atoms with E-state index in [9.17, 15) is 10.4 Å². The Balaban J connectivity index is 1.64. The van der Waals surface area contributed by atoms with Gasteiger partial charge in [0, 0.05) is 12.1 Å². The molecule has 0 saturated heterocycles. The largest absolute Gasteiger partial charge is 0.393 e. The first-order valence-electron chi connectivity index (χ1n) is 10.3. The number of anilines is 1. The van der Waals surface area contributed by atoms with Crippen LogP contribution in [0.25, 0.3) is 0 Å². The molecule has 30 heavy (non-hydrogen) atoms. The highest BCUT2D eigenvalue weighted by atomic mass is 35.5. The molecule has 2 N–H and O–H groups in total. The number of terminal acetylenes is 1. The van der Waals surface area contributed by atoms with Gasteiger partial charge >= 0.3 is 0 Å². The Hall–Kier alpha value is -2.60. The molecule has 1 saturated carbocycles. The summed E-state index contributed by atoms with van der Waals surface area (Å²) in [5, 5.41) is 23.5. The second-order valence-corrected chi connectivity index (χ2v) is 9.06. The van der Waals surface area contributed by atoms with Crippen LogP contribution in [0.4, 0.5) is 5.95 Å². The summed E-state index contributed by atoms with van der Waals surface area (Å²) in [6, 6.07) is 7.89. The minimum absolute atomic E-state index is 0.111. The fourth-order valence-electron chi connectivity index (χ4n) is 4.12. The first-order valence-corrected chi connectivity index (χ1v) is 10.6. The van der Waals surface area contributed by atoms with Crippen molar-refractivity contribution in [3.05, 3.63) is 51.8 Å². The predicted octanol–water partition coefficient (Wildman–Crippen LogP) is 4.37. The second-order valence-electron chi connectivity index (χ2n) is 8.66. The summed E-state index contributed by atoms with van der Waals surface area (Å²) < 4.78 is 0. The number of nitrogens with one attached hydrogen (secondary N) is 1. The third kappa shape index (κ3) is 5.30. The highest BCUT2D eigenvalue weighted by Gasteiger charge is 2.35. The van der Waals surface area contributed by atoms with Gasteiger partial charge in [-0.2, -0.15) is 5.26 Å². The maximum Gasteiger partial charge on any atom is 0.222 e. The molecule has 1 aliphatic rings. The monoisotopic (exact) mass is 422 g/mol. The average Bonchev–Trinajstić information content (AvgIpc) is 2.71. The van der Waals surface area contributed by atoms with E-state index in [1.54, 1.807) is 6.20 Å². The Morgan fingerprint density at radius 3 is 2.80 bits per heavy atom. The number of aromatic nitrogens is 2. The van der Waals surface area contributed by atoms with Gasteiger partial charge in [-0.25, -0.2) is 9.97 Å². The molecule has 1 aliphatic carbocycles. The zero-order chi connectivity index (χ0) is 21.7. The highest BCUT2D eigenvalue weighted by Crippen LogP contribution is 2.40. The van der Waals surface area contributed by atoms with Crippen LogP contribution in [0.3, 0.4) is 0 Å². The number of aliphatic hydroxyl groups is 1. The molecule has 0 unspecified atom stereocenters. The molecule has 1 heterocycles.